The molecule has 0 radical (unpaired) electrons. The number of benzene rings is 1. The van der Waals surface area contributed by atoms with Crippen LogP contribution in [0.2, 0.25) is 5.02 Å². The minimum absolute atomic E-state index is 0.219. The summed E-state index contributed by atoms with van der Waals surface area (Å²) in [7, 11) is 1.92. The van der Waals surface area contributed by atoms with Crippen LogP contribution in [0, 0.1) is 18.7 Å². The lowest BCUT2D eigenvalue weighted by Gasteiger charge is -2.22. The molecule has 4 heteroatoms. The fourth-order valence-corrected chi connectivity index (χ4v) is 1.94. The van der Waals surface area contributed by atoms with Gasteiger partial charge in [0.15, 0.2) is 0 Å². The molecule has 1 atom stereocenters. The maximum Gasteiger partial charge on any atom is 0.128 e. The highest BCUT2D eigenvalue weighted by Gasteiger charge is 2.10. The van der Waals surface area contributed by atoms with Crippen LogP contribution in [0.3, 0.4) is 0 Å². The molecule has 1 aromatic carbocycles. The van der Waals surface area contributed by atoms with Crippen molar-refractivity contribution in [3.05, 3.63) is 28.5 Å². The lowest BCUT2D eigenvalue weighted by molar-refractivity contribution is 0.544. The van der Waals surface area contributed by atoms with Gasteiger partial charge in [0.25, 0.3) is 0 Å². The van der Waals surface area contributed by atoms with Gasteiger partial charge in [-0.1, -0.05) is 18.5 Å². The van der Waals surface area contributed by atoms with Crippen LogP contribution in [0.25, 0.3) is 0 Å². The minimum atomic E-state index is -0.219. The quantitative estimate of drug-likeness (QED) is 0.879. The van der Waals surface area contributed by atoms with Gasteiger partial charge in [-0.2, -0.15) is 0 Å². The summed E-state index contributed by atoms with van der Waals surface area (Å²) in [5.41, 5.74) is 6.87. The Labute approximate surface area is 108 Å². The standard InChI is InChI=1S/C13H20ClFN2/c1-9(8-16)4-5-17(3)13-7-12(15)10(2)6-11(13)14/h6-7,9H,4-5,8,16H2,1-3H3. The van der Waals surface area contributed by atoms with E-state index in [-0.39, 0.29) is 5.82 Å². The average Bonchev–Trinajstić information content (AvgIpc) is 2.30. The van der Waals surface area contributed by atoms with Crippen LogP contribution in [0.4, 0.5) is 10.1 Å². The topological polar surface area (TPSA) is 29.3 Å². The predicted octanol–water partition coefficient (Wildman–Crippen LogP) is 3.21. The molecule has 0 aliphatic rings. The molecule has 0 aliphatic carbocycles. The molecule has 2 N–H and O–H groups in total. The third kappa shape index (κ3) is 3.86. The Balaban J connectivity index is 2.75. The number of nitrogens with two attached hydrogens (primary N) is 1. The summed E-state index contributed by atoms with van der Waals surface area (Å²) in [4.78, 5) is 1.97. The van der Waals surface area contributed by atoms with E-state index in [1.165, 1.54) is 6.07 Å². The lowest BCUT2D eigenvalue weighted by atomic mass is 10.1. The Kier molecular flexibility index (Phi) is 5.22. The molecule has 0 bridgehead atoms. The number of anilines is 1. The van der Waals surface area contributed by atoms with Crippen molar-refractivity contribution in [3.63, 3.8) is 0 Å². The maximum atomic E-state index is 13.5. The molecule has 17 heavy (non-hydrogen) atoms. The zero-order valence-corrected chi connectivity index (χ0v) is 11.4. The van der Waals surface area contributed by atoms with Gasteiger partial charge in [-0.25, -0.2) is 4.39 Å². The summed E-state index contributed by atoms with van der Waals surface area (Å²) in [6.07, 6.45) is 0.971. The fraction of sp³-hybridized carbons (Fsp3) is 0.538. The van der Waals surface area contributed by atoms with Crippen LogP contribution in [0.5, 0.6) is 0 Å². The van der Waals surface area contributed by atoms with E-state index < -0.39 is 0 Å². The third-order valence-electron chi connectivity index (χ3n) is 3.00. The van der Waals surface area contributed by atoms with Crippen LogP contribution in [-0.4, -0.2) is 20.1 Å². The van der Waals surface area contributed by atoms with Crippen molar-refractivity contribution < 1.29 is 4.39 Å². The number of hydrogen-bond donors (Lipinski definition) is 1. The van der Waals surface area contributed by atoms with E-state index >= 15 is 0 Å². The molecule has 0 fully saturated rings. The van der Waals surface area contributed by atoms with Crippen LogP contribution in [0.15, 0.2) is 12.1 Å². The van der Waals surface area contributed by atoms with Crippen molar-refractivity contribution in [3.8, 4) is 0 Å². The van der Waals surface area contributed by atoms with Crippen molar-refractivity contribution in [1.29, 1.82) is 0 Å². The van der Waals surface area contributed by atoms with Gasteiger partial charge in [0.05, 0.1) is 10.7 Å². The Morgan fingerprint density at radius 1 is 1.47 bits per heavy atom. The van der Waals surface area contributed by atoms with Crippen LogP contribution >= 0.6 is 11.6 Å². The van der Waals surface area contributed by atoms with E-state index in [2.05, 4.69) is 6.92 Å². The first-order valence-corrected chi connectivity index (χ1v) is 6.20. The average molecular weight is 259 g/mol. The molecule has 0 heterocycles. The van der Waals surface area contributed by atoms with Crippen LogP contribution in [-0.2, 0) is 0 Å². The normalized spacial score (nSPS) is 12.6. The van der Waals surface area contributed by atoms with E-state index in [4.69, 9.17) is 17.3 Å². The number of rotatable bonds is 5. The highest BCUT2D eigenvalue weighted by molar-refractivity contribution is 6.33. The summed E-state index contributed by atoms with van der Waals surface area (Å²) in [6, 6.07) is 3.15. The zero-order valence-electron chi connectivity index (χ0n) is 10.6. The molecule has 0 aliphatic heterocycles. The Bertz CT molecular complexity index is 382. The molecule has 2 nitrogen and oxygen atoms in total. The zero-order chi connectivity index (χ0) is 13.0. The largest absolute Gasteiger partial charge is 0.373 e. The number of hydrogen-bond acceptors (Lipinski definition) is 2. The van der Waals surface area contributed by atoms with E-state index in [9.17, 15) is 4.39 Å². The van der Waals surface area contributed by atoms with Gasteiger partial charge >= 0.3 is 0 Å². The molecule has 1 rings (SSSR count). The highest BCUT2D eigenvalue weighted by Crippen LogP contribution is 2.28. The van der Waals surface area contributed by atoms with Crippen molar-refractivity contribution in [2.24, 2.45) is 11.7 Å². The first kappa shape index (κ1) is 14.3. The lowest BCUT2D eigenvalue weighted by Crippen LogP contribution is -2.23. The molecule has 1 unspecified atom stereocenters. The highest BCUT2D eigenvalue weighted by atomic mass is 35.5. The predicted molar refractivity (Wildman–Crippen MR) is 72.3 cm³/mol. The van der Waals surface area contributed by atoms with Gasteiger partial charge in [-0.15, -0.1) is 0 Å². The maximum absolute atomic E-state index is 13.5. The molecule has 0 saturated carbocycles. The van der Waals surface area contributed by atoms with Gasteiger partial charge in [0, 0.05) is 13.6 Å². The monoisotopic (exact) mass is 258 g/mol. The summed E-state index contributed by atoms with van der Waals surface area (Å²) < 4.78 is 13.5. The van der Waals surface area contributed by atoms with Gasteiger partial charge in [0.1, 0.15) is 5.82 Å². The van der Waals surface area contributed by atoms with E-state index in [0.29, 0.717) is 23.0 Å². The summed E-state index contributed by atoms with van der Waals surface area (Å²) in [5.74, 6) is 0.245. The minimum Gasteiger partial charge on any atom is -0.373 e. The van der Waals surface area contributed by atoms with Gasteiger partial charge in [0.2, 0.25) is 0 Å². The molecular weight excluding hydrogens is 239 g/mol. The molecule has 0 aromatic heterocycles. The second-order valence-electron chi connectivity index (χ2n) is 4.60. The smallest absolute Gasteiger partial charge is 0.128 e. The van der Waals surface area contributed by atoms with Crippen molar-refractivity contribution >= 4 is 17.3 Å². The molecule has 0 saturated heterocycles. The Morgan fingerprint density at radius 2 is 2.12 bits per heavy atom. The fourth-order valence-electron chi connectivity index (χ4n) is 1.58. The van der Waals surface area contributed by atoms with Gasteiger partial charge in [-0.3, -0.25) is 0 Å². The van der Waals surface area contributed by atoms with Crippen LogP contribution in [0.1, 0.15) is 18.9 Å². The Morgan fingerprint density at radius 3 is 2.71 bits per heavy atom. The van der Waals surface area contributed by atoms with Crippen molar-refractivity contribution in [1.82, 2.24) is 0 Å². The summed E-state index contributed by atoms with van der Waals surface area (Å²) in [5, 5.41) is 0.590. The molecule has 96 valence electrons. The third-order valence-corrected chi connectivity index (χ3v) is 3.30. The van der Waals surface area contributed by atoms with E-state index in [0.717, 1.165) is 18.7 Å². The number of nitrogens with zero attached hydrogens (tertiary/aromatic N) is 1. The van der Waals surface area contributed by atoms with Crippen LogP contribution < -0.4 is 10.6 Å². The first-order valence-electron chi connectivity index (χ1n) is 5.82. The van der Waals surface area contributed by atoms with E-state index in [1.54, 1.807) is 13.0 Å². The van der Waals surface area contributed by atoms with Crippen molar-refractivity contribution in [2.75, 3.05) is 25.0 Å². The van der Waals surface area contributed by atoms with Crippen molar-refractivity contribution in [2.45, 2.75) is 20.3 Å². The molecule has 1 aromatic rings. The Hall–Kier alpha value is -0.800. The molecule has 0 amide bonds. The molecule has 0 spiro atoms. The number of halogens is 2. The molecular formula is C13H20ClFN2. The SMILES string of the molecule is Cc1cc(Cl)c(N(C)CCC(C)CN)cc1F. The summed E-state index contributed by atoms with van der Waals surface area (Å²) >= 11 is 6.11. The second-order valence-corrected chi connectivity index (χ2v) is 5.01. The van der Waals surface area contributed by atoms with E-state index in [1.807, 2.05) is 11.9 Å². The van der Waals surface area contributed by atoms with Gasteiger partial charge in [-0.05, 0) is 43.5 Å². The summed E-state index contributed by atoms with van der Waals surface area (Å²) in [6.45, 7) is 5.30. The van der Waals surface area contributed by atoms with Gasteiger partial charge < -0.3 is 10.6 Å². The first-order chi connectivity index (χ1) is 7.95. The number of aryl methyl sites for hydroxylation is 1. The second kappa shape index (κ2) is 6.22.